The summed E-state index contributed by atoms with van der Waals surface area (Å²) < 4.78 is 0. The average Bonchev–Trinajstić information content (AvgIpc) is 2.85. The Bertz CT molecular complexity index is 329. The Kier molecular flexibility index (Phi) is 1.86. The van der Waals surface area contributed by atoms with Gasteiger partial charge in [-0.3, -0.25) is 0 Å². The molecular weight excluding hydrogens is 172 g/mol. The Morgan fingerprint density at radius 2 is 1.93 bits per heavy atom. The Hall–Kier alpha value is -1.18. The molecule has 0 atom stereocenters. The fourth-order valence-electron chi connectivity index (χ4n) is 2.67. The molecule has 0 spiro atoms. The standard InChI is InChI=1S/C12H16N2/c1-2-6-10(5-1)14-9-13-11-7-3-4-8-12(11)14/h3-4,7-8,10,13H,1-2,5-6,9H2. The van der Waals surface area contributed by atoms with Crippen LogP contribution < -0.4 is 10.2 Å². The van der Waals surface area contributed by atoms with Crippen molar-refractivity contribution in [1.82, 2.24) is 0 Å². The number of hydrogen-bond donors (Lipinski definition) is 1. The summed E-state index contributed by atoms with van der Waals surface area (Å²) in [7, 11) is 0. The van der Waals surface area contributed by atoms with E-state index in [1.807, 2.05) is 0 Å². The van der Waals surface area contributed by atoms with Gasteiger partial charge in [0.1, 0.15) is 0 Å². The molecule has 0 saturated heterocycles. The third-order valence-corrected chi connectivity index (χ3v) is 3.42. The van der Waals surface area contributed by atoms with Crippen LogP contribution in [0.2, 0.25) is 0 Å². The second-order valence-corrected chi connectivity index (χ2v) is 4.26. The number of anilines is 2. The Balaban J connectivity index is 1.89. The molecule has 1 aliphatic carbocycles. The number of fused-ring (bicyclic) bond motifs is 1. The van der Waals surface area contributed by atoms with Crippen LogP contribution in [0.5, 0.6) is 0 Å². The zero-order valence-corrected chi connectivity index (χ0v) is 8.37. The predicted octanol–water partition coefficient (Wildman–Crippen LogP) is 2.82. The molecule has 14 heavy (non-hydrogen) atoms. The number of para-hydroxylation sites is 2. The third kappa shape index (κ3) is 1.17. The summed E-state index contributed by atoms with van der Waals surface area (Å²) in [5.41, 5.74) is 2.71. The Labute approximate surface area is 84.9 Å². The van der Waals surface area contributed by atoms with E-state index in [1.54, 1.807) is 0 Å². The molecule has 2 aliphatic rings. The SMILES string of the molecule is c1ccc2c(c1)NCN2C1CCCC1. The maximum Gasteiger partial charge on any atom is 0.0880 e. The van der Waals surface area contributed by atoms with Crippen molar-refractivity contribution in [3.8, 4) is 0 Å². The van der Waals surface area contributed by atoms with Crippen LogP contribution in [-0.2, 0) is 0 Å². The minimum atomic E-state index is 0.783. The van der Waals surface area contributed by atoms with Gasteiger partial charge in [-0.05, 0) is 25.0 Å². The van der Waals surface area contributed by atoms with E-state index < -0.39 is 0 Å². The van der Waals surface area contributed by atoms with Gasteiger partial charge in [0.2, 0.25) is 0 Å². The van der Waals surface area contributed by atoms with Crippen LogP contribution in [0.25, 0.3) is 0 Å². The molecule has 1 aliphatic heterocycles. The van der Waals surface area contributed by atoms with Gasteiger partial charge in [0.05, 0.1) is 18.0 Å². The van der Waals surface area contributed by atoms with E-state index in [-0.39, 0.29) is 0 Å². The third-order valence-electron chi connectivity index (χ3n) is 3.42. The molecule has 0 amide bonds. The zero-order chi connectivity index (χ0) is 9.38. The van der Waals surface area contributed by atoms with Crippen molar-refractivity contribution in [3.63, 3.8) is 0 Å². The van der Waals surface area contributed by atoms with E-state index >= 15 is 0 Å². The summed E-state index contributed by atoms with van der Waals surface area (Å²) in [4.78, 5) is 2.53. The highest BCUT2D eigenvalue weighted by molar-refractivity contribution is 5.74. The first-order valence-corrected chi connectivity index (χ1v) is 5.55. The number of nitrogens with one attached hydrogen (secondary N) is 1. The van der Waals surface area contributed by atoms with Gasteiger partial charge >= 0.3 is 0 Å². The van der Waals surface area contributed by atoms with Crippen LogP contribution in [0.3, 0.4) is 0 Å². The quantitative estimate of drug-likeness (QED) is 0.729. The molecule has 0 unspecified atom stereocenters. The van der Waals surface area contributed by atoms with E-state index in [9.17, 15) is 0 Å². The molecule has 1 fully saturated rings. The lowest BCUT2D eigenvalue weighted by Gasteiger charge is -2.25. The molecule has 74 valence electrons. The molecule has 1 N–H and O–H groups in total. The predicted molar refractivity (Wildman–Crippen MR) is 59.7 cm³/mol. The highest BCUT2D eigenvalue weighted by Crippen LogP contribution is 2.36. The average molecular weight is 188 g/mol. The maximum absolute atomic E-state index is 3.45. The second-order valence-electron chi connectivity index (χ2n) is 4.26. The molecular formula is C12H16N2. The molecule has 0 bridgehead atoms. The normalized spacial score (nSPS) is 21.0. The summed E-state index contributed by atoms with van der Waals surface area (Å²) in [5.74, 6) is 0. The van der Waals surface area contributed by atoms with Gasteiger partial charge in [-0.2, -0.15) is 0 Å². The first-order chi connectivity index (χ1) is 6.95. The highest BCUT2D eigenvalue weighted by Gasteiger charge is 2.27. The Morgan fingerprint density at radius 1 is 1.14 bits per heavy atom. The molecule has 3 rings (SSSR count). The van der Waals surface area contributed by atoms with E-state index in [2.05, 4.69) is 34.5 Å². The van der Waals surface area contributed by atoms with Crippen molar-refractivity contribution in [1.29, 1.82) is 0 Å². The second kappa shape index (κ2) is 3.19. The molecule has 2 nitrogen and oxygen atoms in total. The summed E-state index contributed by atoms with van der Waals surface area (Å²) in [6.07, 6.45) is 5.55. The molecule has 1 saturated carbocycles. The van der Waals surface area contributed by atoms with E-state index in [0.717, 1.165) is 12.7 Å². The fourth-order valence-corrected chi connectivity index (χ4v) is 2.67. The molecule has 1 aromatic rings. The van der Waals surface area contributed by atoms with Gasteiger partial charge in [-0.15, -0.1) is 0 Å². The number of nitrogens with zero attached hydrogens (tertiary/aromatic N) is 1. The van der Waals surface area contributed by atoms with E-state index in [0.29, 0.717) is 0 Å². The van der Waals surface area contributed by atoms with Gasteiger partial charge in [-0.25, -0.2) is 0 Å². The van der Waals surface area contributed by atoms with E-state index in [1.165, 1.54) is 37.1 Å². The molecule has 0 radical (unpaired) electrons. The molecule has 0 aromatic heterocycles. The first kappa shape index (κ1) is 8.16. The van der Waals surface area contributed by atoms with Crippen molar-refractivity contribution in [3.05, 3.63) is 24.3 Å². The maximum atomic E-state index is 3.45. The number of benzene rings is 1. The lowest BCUT2D eigenvalue weighted by Crippen LogP contribution is -2.32. The van der Waals surface area contributed by atoms with Gasteiger partial charge in [0.25, 0.3) is 0 Å². The fraction of sp³-hybridized carbons (Fsp3) is 0.500. The summed E-state index contributed by atoms with van der Waals surface area (Å²) in [5, 5.41) is 3.45. The van der Waals surface area contributed by atoms with Crippen LogP contribution in [-0.4, -0.2) is 12.7 Å². The molecule has 2 heteroatoms. The lowest BCUT2D eigenvalue weighted by atomic mass is 10.2. The first-order valence-electron chi connectivity index (χ1n) is 5.55. The van der Waals surface area contributed by atoms with Crippen LogP contribution in [0.4, 0.5) is 11.4 Å². The minimum Gasteiger partial charge on any atom is -0.366 e. The van der Waals surface area contributed by atoms with Crippen molar-refractivity contribution in [2.75, 3.05) is 16.9 Å². The molecule has 1 heterocycles. The summed E-state index contributed by atoms with van der Waals surface area (Å²) in [6, 6.07) is 9.42. The van der Waals surface area contributed by atoms with Gasteiger partial charge in [0.15, 0.2) is 0 Å². The lowest BCUT2D eigenvalue weighted by molar-refractivity contribution is 0.635. The summed E-state index contributed by atoms with van der Waals surface area (Å²) in [6.45, 7) is 1.00. The van der Waals surface area contributed by atoms with E-state index in [4.69, 9.17) is 0 Å². The number of hydrogen-bond acceptors (Lipinski definition) is 2. The number of rotatable bonds is 1. The molecule has 1 aromatic carbocycles. The van der Waals surface area contributed by atoms with Crippen LogP contribution in [0, 0.1) is 0 Å². The van der Waals surface area contributed by atoms with Crippen molar-refractivity contribution >= 4 is 11.4 Å². The smallest absolute Gasteiger partial charge is 0.0880 e. The van der Waals surface area contributed by atoms with Crippen LogP contribution >= 0.6 is 0 Å². The van der Waals surface area contributed by atoms with Crippen molar-refractivity contribution < 1.29 is 0 Å². The van der Waals surface area contributed by atoms with Crippen molar-refractivity contribution in [2.24, 2.45) is 0 Å². The zero-order valence-electron chi connectivity index (χ0n) is 8.37. The van der Waals surface area contributed by atoms with Crippen LogP contribution in [0.15, 0.2) is 24.3 Å². The highest BCUT2D eigenvalue weighted by atomic mass is 15.3. The topological polar surface area (TPSA) is 15.3 Å². The van der Waals surface area contributed by atoms with Gasteiger partial charge in [-0.1, -0.05) is 25.0 Å². The van der Waals surface area contributed by atoms with Gasteiger partial charge < -0.3 is 10.2 Å². The Morgan fingerprint density at radius 3 is 2.79 bits per heavy atom. The van der Waals surface area contributed by atoms with Gasteiger partial charge in [0, 0.05) is 6.04 Å². The largest absolute Gasteiger partial charge is 0.366 e. The summed E-state index contributed by atoms with van der Waals surface area (Å²) >= 11 is 0. The monoisotopic (exact) mass is 188 g/mol. The minimum absolute atomic E-state index is 0.783. The van der Waals surface area contributed by atoms with Crippen molar-refractivity contribution in [2.45, 2.75) is 31.7 Å². The van der Waals surface area contributed by atoms with Crippen LogP contribution in [0.1, 0.15) is 25.7 Å².